The Bertz CT molecular complexity index is 900. The summed E-state index contributed by atoms with van der Waals surface area (Å²) in [6.07, 6.45) is 7.59. The van der Waals surface area contributed by atoms with Crippen LogP contribution in [-0.4, -0.2) is 70.5 Å². The van der Waals surface area contributed by atoms with E-state index in [1.165, 1.54) is 22.9 Å². The topological polar surface area (TPSA) is 100 Å². The molecule has 35 heavy (non-hydrogen) atoms. The molecule has 10 heteroatoms. The number of nitrogens with one attached hydrogen (secondary N) is 2. The van der Waals surface area contributed by atoms with Crippen molar-refractivity contribution in [1.82, 2.24) is 10.6 Å². The molecule has 0 spiro atoms. The number of alkyl halides is 1. The van der Waals surface area contributed by atoms with E-state index in [2.05, 4.69) is 34.9 Å². The van der Waals surface area contributed by atoms with Crippen LogP contribution < -0.4 is 10.6 Å². The summed E-state index contributed by atoms with van der Waals surface area (Å²) < 4.78 is 10.9. The van der Waals surface area contributed by atoms with E-state index in [1.807, 2.05) is 18.2 Å². The third kappa shape index (κ3) is 8.47. The minimum Gasteiger partial charge on any atom is -0.385 e. The van der Waals surface area contributed by atoms with Crippen LogP contribution in [0.5, 0.6) is 0 Å². The Morgan fingerprint density at radius 2 is 2.17 bits per heavy atom. The number of amides is 1. The first-order chi connectivity index (χ1) is 16.8. The number of hydrogen-bond donors (Lipinski definition) is 4. The number of aliphatic hydroxyl groups excluding tert-OH is 2. The summed E-state index contributed by atoms with van der Waals surface area (Å²) >= 11 is 13.6. The second-order valence-corrected chi connectivity index (χ2v) is 10.7. The summed E-state index contributed by atoms with van der Waals surface area (Å²) in [6, 6.07) is 6.72. The number of thioether (sulfide) groups is 1. The number of ether oxygens (including phenoxy) is 2. The average Bonchev–Trinajstić information content (AvgIpc) is 3.08. The minimum absolute atomic E-state index is 0.234. The van der Waals surface area contributed by atoms with E-state index in [-0.39, 0.29) is 5.91 Å². The summed E-state index contributed by atoms with van der Waals surface area (Å²) in [5.41, 5.74) is 1.61. The van der Waals surface area contributed by atoms with Gasteiger partial charge in [0, 0.05) is 5.02 Å². The molecule has 194 valence electrons. The first-order valence-electron chi connectivity index (χ1n) is 11.8. The van der Waals surface area contributed by atoms with Gasteiger partial charge in [0.05, 0.1) is 17.5 Å². The summed E-state index contributed by atoms with van der Waals surface area (Å²) in [4.78, 5) is 13.1. The van der Waals surface area contributed by atoms with Crippen molar-refractivity contribution < 1.29 is 24.5 Å². The van der Waals surface area contributed by atoms with Gasteiger partial charge >= 0.3 is 0 Å². The van der Waals surface area contributed by atoms with Gasteiger partial charge in [0.15, 0.2) is 6.29 Å². The Labute approximate surface area is 221 Å². The highest BCUT2D eigenvalue weighted by Gasteiger charge is 2.44. The van der Waals surface area contributed by atoms with Gasteiger partial charge in [0.1, 0.15) is 12.2 Å². The van der Waals surface area contributed by atoms with E-state index in [4.69, 9.17) is 32.7 Å². The van der Waals surface area contributed by atoms with E-state index in [9.17, 15) is 15.0 Å². The number of halogens is 2. The zero-order valence-electron chi connectivity index (χ0n) is 19.9. The summed E-state index contributed by atoms with van der Waals surface area (Å²) in [7, 11) is 0. The first-order valence-corrected chi connectivity index (χ1v) is 13.9. The minimum atomic E-state index is -1.42. The Kier molecular flexibility index (Phi) is 11.4. The highest BCUT2D eigenvalue weighted by molar-refractivity contribution is 7.98. The highest BCUT2D eigenvalue weighted by atomic mass is 35.5. The molecule has 0 aromatic heterocycles. The van der Waals surface area contributed by atoms with E-state index in [1.54, 1.807) is 13.2 Å². The molecule has 1 aromatic rings. The monoisotopic (exact) mass is 544 g/mol. The van der Waals surface area contributed by atoms with Crippen molar-refractivity contribution in [3.63, 3.8) is 0 Å². The number of rotatable bonds is 9. The fraction of sp³-hybridized carbons (Fsp3) is 0.560. The molecule has 0 aliphatic carbocycles. The molecule has 3 rings (SSSR count). The van der Waals surface area contributed by atoms with Crippen LogP contribution >= 0.6 is 35.0 Å². The van der Waals surface area contributed by atoms with Crippen LogP contribution in [0.4, 0.5) is 0 Å². The molecule has 2 aliphatic heterocycles. The molecule has 7 atom stereocenters. The van der Waals surface area contributed by atoms with E-state index >= 15 is 0 Å². The smallest absolute Gasteiger partial charge is 0.237 e. The second kappa shape index (κ2) is 14.0. The van der Waals surface area contributed by atoms with Crippen molar-refractivity contribution in [2.75, 3.05) is 12.8 Å². The number of hydrogen-bond acceptors (Lipinski definition) is 7. The summed E-state index contributed by atoms with van der Waals surface area (Å²) in [5, 5.41) is 26.8. The molecule has 1 saturated heterocycles. The van der Waals surface area contributed by atoms with Crippen molar-refractivity contribution in [2.45, 2.75) is 74.2 Å². The van der Waals surface area contributed by atoms with Crippen LogP contribution in [-0.2, 0) is 20.7 Å². The predicted molar refractivity (Wildman–Crippen MR) is 141 cm³/mol. The van der Waals surface area contributed by atoms with Gasteiger partial charge in [-0.2, -0.15) is 0 Å². The molecule has 7 nitrogen and oxygen atoms in total. The Balaban J connectivity index is 1.55. The molecule has 0 saturated carbocycles. The van der Waals surface area contributed by atoms with Gasteiger partial charge in [0.2, 0.25) is 11.5 Å². The zero-order valence-corrected chi connectivity index (χ0v) is 22.2. The molecule has 2 heterocycles. The van der Waals surface area contributed by atoms with E-state index in [0.29, 0.717) is 13.0 Å². The third-order valence-corrected chi connectivity index (χ3v) is 7.17. The molecule has 0 bridgehead atoms. The molecular weight excluding hydrogens is 511 g/mol. The zero-order chi connectivity index (χ0) is 25.4. The average molecular weight is 546 g/mol. The maximum absolute atomic E-state index is 13.1. The first kappa shape index (κ1) is 28.5. The van der Waals surface area contributed by atoms with Gasteiger partial charge in [-0.25, -0.2) is 0 Å². The number of carbonyl (C=O) groups excluding carboxylic acids is 1. The molecular formula is C25H34Cl2N2O5S. The summed E-state index contributed by atoms with van der Waals surface area (Å²) in [5.74, 6) is -0.234. The molecule has 4 N–H and O–H groups in total. The van der Waals surface area contributed by atoms with Crippen molar-refractivity contribution in [3.8, 4) is 0 Å². The number of aliphatic hydroxyl groups is 2. The molecule has 1 amide bonds. The number of allylic oxidation sites excluding steroid dienone is 2. The Morgan fingerprint density at radius 1 is 1.37 bits per heavy atom. The molecule has 1 aromatic carbocycles. The SMILES string of the molecule is CSC1OC(C(NC(=O)C2CC=C(/C=C/CCc3cccc(Cl)c3)CCN2)C(C)Cl)C(O)[C@H](O)O1. The highest BCUT2D eigenvalue weighted by Crippen LogP contribution is 2.28. The van der Waals surface area contributed by atoms with Gasteiger partial charge < -0.3 is 30.3 Å². The van der Waals surface area contributed by atoms with Crippen LogP contribution in [0.25, 0.3) is 0 Å². The fourth-order valence-electron chi connectivity index (χ4n) is 4.10. The lowest BCUT2D eigenvalue weighted by atomic mass is 10.0. The Morgan fingerprint density at radius 3 is 2.89 bits per heavy atom. The van der Waals surface area contributed by atoms with Crippen LogP contribution in [0.15, 0.2) is 48.1 Å². The lowest BCUT2D eigenvalue weighted by Gasteiger charge is -2.41. The summed E-state index contributed by atoms with van der Waals surface area (Å²) in [6.45, 7) is 2.37. The van der Waals surface area contributed by atoms with Crippen molar-refractivity contribution in [1.29, 1.82) is 0 Å². The normalized spacial score (nSPS) is 29.3. The fourth-order valence-corrected chi connectivity index (χ4v) is 4.99. The van der Waals surface area contributed by atoms with Crippen LogP contribution in [0.2, 0.25) is 5.02 Å². The molecule has 0 radical (unpaired) electrons. The Hall–Kier alpha value is -1.10. The van der Waals surface area contributed by atoms with Gasteiger partial charge in [0.25, 0.3) is 0 Å². The van der Waals surface area contributed by atoms with Gasteiger partial charge in [-0.15, -0.1) is 23.4 Å². The maximum Gasteiger partial charge on any atom is 0.237 e. The van der Waals surface area contributed by atoms with E-state index in [0.717, 1.165) is 24.3 Å². The number of benzene rings is 1. The van der Waals surface area contributed by atoms with Crippen molar-refractivity contribution in [3.05, 3.63) is 58.7 Å². The second-order valence-electron chi connectivity index (χ2n) is 8.70. The van der Waals surface area contributed by atoms with Gasteiger partial charge in [-0.1, -0.05) is 47.5 Å². The lowest BCUT2D eigenvalue weighted by Crippen LogP contribution is -2.62. The molecule has 6 unspecified atom stereocenters. The number of carbonyl (C=O) groups is 1. The third-order valence-electron chi connectivity index (χ3n) is 6.05. The van der Waals surface area contributed by atoms with E-state index < -0.39 is 41.6 Å². The van der Waals surface area contributed by atoms with Crippen LogP contribution in [0.3, 0.4) is 0 Å². The lowest BCUT2D eigenvalue weighted by molar-refractivity contribution is -0.308. The molecule has 1 fully saturated rings. The van der Waals surface area contributed by atoms with Crippen molar-refractivity contribution in [2.24, 2.45) is 0 Å². The largest absolute Gasteiger partial charge is 0.385 e. The van der Waals surface area contributed by atoms with Crippen LogP contribution in [0.1, 0.15) is 31.7 Å². The predicted octanol–water partition coefficient (Wildman–Crippen LogP) is 3.36. The van der Waals surface area contributed by atoms with Gasteiger partial charge in [-0.3, -0.25) is 4.79 Å². The van der Waals surface area contributed by atoms with Gasteiger partial charge in [-0.05, 0) is 63.1 Å². The standard InChI is InChI=1S/C25H34Cl2N2O5S/c1-15(26)20(22-21(30)24(32)34-25(33-22)35-2)29-23(31)19-11-10-16(12-13-28-19)6-3-4-7-17-8-5-9-18(27)14-17/h3,5-6,8-10,14-15,19-22,24-25,28,30,32H,4,7,11-13H2,1-2H3,(H,29,31)/b6-3+/t15?,19?,20?,21?,22?,24-,25?/m1/s1. The molecule has 2 aliphatic rings. The van der Waals surface area contributed by atoms with Crippen LogP contribution in [0, 0.1) is 0 Å². The maximum atomic E-state index is 13.1. The quantitative estimate of drug-likeness (QED) is 0.353. The van der Waals surface area contributed by atoms with Crippen molar-refractivity contribution >= 4 is 40.9 Å². The number of aryl methyl sites for hydroxylation is 1.